The molecule has 0 saturated carbocycles. The highest BCUT2D eigenvalue weighted by Crippen LogP contribution is 2.49. The highest BCUT2D eigenvalue weighted by Gasteiger charge is 2.46. The molecule has 3 heterocycles. The van der Waals surface area contributed by atoms with Crippen LogP contribution in [0.5, 0.6) is 0 Å². The van der Waals surface area contributed by atoms with E-state index < -0.39 is 8.07 Å². The molecule has 2 aromatic heterocycles. The van der Waals surface area contributed by atoms with Crippen LogP contribution >= 0.6 is 0 Å². The van der Waals surface area contributed by atoms with Gasteiger partial charge in [-0.15, -0.1) is 0 Å². The monoisotopic (exact) mass is 760 g/mol. The van der Waals surface area contributed by atoms with Gasteiger partial charge >= 0.3 is 0 Å². The van der Waals surface area contributed by atoms with Gasteiger partial charge < -0.3 is 13.9 Å². The molecule has 0 saturated heterocycles. The fourth-order valence-corrected chi connectivity index (χ4v) is 15.4. The quantitative estimate of drug-likeness (QED) is 0.124. The molecule has 0 spiro atoms. The van der Waals surface area contributed by atoms with E-state index in [0.717, 1.165) is 46.0 Å². The highest BCUT2D eigenvalue weighted by molar-refractivity contribution is 7.16. The average Bonchev–Trinajstić information content (AvgIpc) is 3.96. The number of allylic oxidation sites excluding steroid dienone is 3. The van der Waals surface area contributed by atoms with Crippen LogP contribution in [-0.4, -0.2) is 18.7 Å². The van der Waals surface area contributed by atoms with Crippen molar-refractivity contribution in [3.05, 3.63) is 222 Å². The summed E-state index contributed by atoms with van der Waals surface area (Å²) in [7, 11) is -2.93. The molecule has 4 heteroatoms. The molecule has 2 atom stereocenters. The number of furan rings is 1. The minimum atomic E-state index is -2.93. The molecular formula is C54H40N2OSi. The fourth-order valence-electron chi connectivity index (χ4n) is 10.5. The van der Waals surface area contributed by atoms with E-state index in [9.17, 15) is 0 Å². The van der Waals surface area contributed by atoms with Gasteiger partial charge in [-0.25, -0.2) is 0 Å². The zero-order valence-electron chi connectivity index (χ0n) is 32.0. The Balaban J connectivity index is 1.12. The Bertz CT molecular complexity index is 3100. The first-order valence-electron chi connectivity index (χ1n) is 20.5. The number of aromatic nitrogens is 1. The minimum absolute atomic E-state index is 0.184. The van der Waals surface area contributed by atoms with Crippen LogP contribution in [0.4, 0.5) is 11.4 Å². The van der Waals surface area contributed by atoms with Crippen LogP contribution in [-0.2, 0) is 6.42 Å². The summed E-state index contributed by atoms with van der Waals surface area (Å²) in [4.78, 5) is 2.53. The van der Waals surface area contributed by atoms with Crippen LogP contribution in [0.2, 0.25) is 0 Å². The van der Waals surface area contributed by atoms with Crippen molar-refractivity contribution in [3.8, 4) is 5.69 Å². The van der Waals surface area contributed by atoms with E-state index in [2.05, 4.69) is 216 Å². The SMILES string of the molecule is C1=Cc2c(c3ccc4c5ccccc5oc4c3n2-c2cccc([Si](C3=CC4c5ccccc5N(c5ccccc5)C4C=C3)(c3ccccc3)c3ccccc3)c2)CC1. The van der Waals surface area contributed by atoms with E-state index in [1.807, 2.05) is 0 Å². The first-order chi connectivity index (χ1) is 28.8. The highest BCUT2D eigenvalue weighted by atomic mass is 28.3. The summed E-state index contributed by atoms with van der Waals surface area (Å²) in [6.45, 7) is 0. The molecule has 7 aromatic carbocycles. The average molecular weight is 761 g/mol. The lowest BCUT2D eigenvalue weighted by Gasteiger charge is -2.38. The number of fused-ring (bicyclic) bond motifs is 10. The Morgan fingerprint density at radius 3 is 2.05 bits per heavy atom. The van der Waals surface area contributed by atoms with E-state index in [0.29, 0.717) is 0 Å². The van der Waals surface area contributed by atoms with Gasteiger partial charge in [0.15, 0.2) is 13.7 Å². The summed E-state index contributed by atoms with van der Waals surface area (Å²) in [6, 6.07) is 65.3. The third-order valence-corrected chi connectivity index (χ3v) is 17.7. The van der Waals surface area contributed by atoms with Gasteiger partial charge in [0.2, 0.25) is 0 Å². The summed E-state index contributed by atoms with van der Waals surface area (Å²) in [5.74, 6) is 0.200. The van der Waals surface area contributed by atoms with Crippen LogP contribution in [0.3, 0.4) is 0 Å². The number of benzene rings is 7. The molecule has 2 unspecified atom stereocenters. The molecule has 0 amide bonds. The van der Waals surface area contributed by atoms with E-state index in [4.69, 9.17) is 4.42 Å². The maximum Gasteiger partial charge on any atom is 0.179 e. The first kappa shape index (κ1) is 33.3. The van der Waals surface area contributed by atoms with Gasteiger partial charge in [0.25, 0.3) is 0 Å². The zero-order valence-corrected chi connectivity index (χ0v) is 33.0. The van der Waals surface area contributed by atoms with Crippen LogP contribution in [0, 0.1) is 0 Å². The molecule has 0 radical (unpaired) electrons. The Labute approximate surface area is 339 Å². The summed E-state index contributed by atoms with van der Waals surface area (Å²) in [5.41, 5.74) is 10.7. The summed E-state index contributed by atoms with van der Waals surface area (Å²) < 4.78 is 9.28. The van der Waals surface area contributed by atoms with Crippen molar-refractivity contribution in [2.75, 3.05) is 4.90 Å². The summed E-state index contributed by atoms with van der Waals surface area (Å²) >= 11 is 0. The summed E-state index contributed by atoms with van der Waals surface area (Å²) in [6.07, 6.45) is 14.3. The first-order valence-corrected chi connectivity index (χ1v) is 22.5. The van der Waals surface area contributed by atoms with Crippen molar-refractivity contribution in [1.82, 2.24) is 4.57 Å². The topological polar surface area (TPSA) is 21.3 Å². The number of para-hydroxylation sites is 3. The van der Waals surface area contributed by atoms with E-state index in [-0.39, 0.29) is 12.0 Å². The maximum absolute atomic E-state index is 6.79. The van der Waals surface area contributed by atoms with Crippen LogP contribution < -0.4 is 20.5 Å². The lowest BCUT2D eigenvalue weighted by atomic mass is 9.91. The van der Waals surface area contributed by atoms with E-state index in [1.54, 1.807) is 0 Å². The lowest BCUT2D eigenvalue weighted by molar-refractivity contribution is 0.671. The van der Waals surface area contributed by atoms with Crippen molar-refractivity contribution in [3.63, 3.8) is 0 Å². The molecule has 1 aliphatic heterocycles. The largest absolute Gasteiger partial charge is 0.454 e. The molecule has 12 rings (SSSR count). The van der Waals surface area contributed by atoms with Crippen molar-refractivity contribution in [2.45, 2.75) is 24.8 Å². The van der Waals surface area contributed by atoms with Crippen LogP contribution in [0.25, 0.3) is 44.6 Å². The van der Waals surface area contributed by atoms with Gasteiger partial charge in [0, 0.05) is 44.8 Å². The van der Waals surface area contributed by atoms with E-state index in [1.165, 1.54) is 54.3 Å². The van der Waals surface area contributed by atoms with Crippen molar-refractivity contribution >= 4 is 73.9 Å². The van der Waals surface area contributed by atoms with Gasteiger partial charge in [0.05, 0.1) is 11.6 Å². The standard InChI is InChI=1S/C54H40N2OSi/c1-4-17-37(18-5-1)55-49-28-13-11-26-44(49)48-36-42(31-34-51(48)55)58(39-20-6-2-7-21-39,40-22-8-3-9-23-40)41-24-16-19-38(35-41)56-50-29-14-10-25-43(50)46-32-33-47-45-27-12-15-30-52(45)57-54(47)53(46)56/h1-9,11-24,26-36,48,51H,10,25H2. The molecule has 9 aromatic rings. The minimum Gasteiger partial charge on any atom is -0.454 e. The van der Waals surface area contributed by atoms with Gasteiger partial charge in [-0.1, -0.05) is 158 Å². The number of rotatable bonds is 6. The summed E-state index contributed by atoms with van der Waals surface area (Å²) in [5, 5.41) is 9.10. The molecule has 0 N–H and O–H groups in total. The Hall–Kier alpha value is -6.88. The van der Waals surface area contributed by atoms with E-state index >= 15 is 0 Å². The smallest absolute Gasteiger partial charge is 0.179 e. The van der Waals surface area contributed by atoms with Gasteiger partial charge in [-0.3, -0.25) is 0 Å². The predicted octanol–water partition coefficient (Wildman–Crippen LogP) is 11.3. The van der Waals surface area contributed by atoms with Crippen molar-refractivity contribution in [1.29, 1.82) is 0 Å². The maximum atomic E-state index is 6.79. The number of hydrogen-bond donors (Lipinski definition) is 0. The number of nitrogens with zero attached hydrogens (tertiary/aromatic N) is 2. The molecule has 0 fully saturated rings. The Morgan fingerprint density at radius 2 is 1.24 bits per heavy atom. The molecule has 3 nitrogen and oxygen atoms in total. The molecule has 2 aliphatic carbocycles. The Kier molecular flexibility index (Phi) is 7.51. The molecule has 276 valence electrons. The number of hydrogen-bond acceptors (Lipinski definition) is 2. The predicted molar refractivity (Wildman–Crippen MR) is 244 cm³/mol. The normalized spacial score (nSPS) is 17.1. The number of aryl methyl sites for hydroxylation is 1. The fraction of sp³-hybridized carbons (Fsp3) is 0.0741. The second-order valence-corrected chi connectivity index (χ2v) is 19.7. The second-order valence-electron chi connectivity index (χ2n) is 15.9. The molecule has 0 bridgehead atoms. The Morgan fingerprint density at radius 1 is 0.569 bits per heavy atom. The van der Waals surface area contributed by atoms with Crippen molar-refractivity contribution in [2.24, 2.45) is 0 Å². The van der Waals surface area contributed by atoms with Gasteiger partial charge in [-0.05, 0) is 93.3 Å². The third kappa shape index (κ3) is 4.79. The van der Waals surface area contributed by atoms with Crippen molar-refractivity contribution < 1.29 is 4.42 Å². The van der Waals surface area contributed by atoms with Crippen LogP contribution in [0.1, 0.15) is 29.2 Å². The molecular weight excluding hydrogens is 721 g/mol. The third-order valence-electron chi connectivity index (χ3n) is 12.9. The van der Waals surface area contributed by atoms with Gasteiger partial charge in [0.1, 0.15) is 5.58 Å². The molecule has 58 heavy (non-hydrogen) atoms. The van der Waals surface area contributed by atoms with Gasteiger partial charge in [-0.2, -0.15) is 0 Å². The second kappa shape index (κ2) is 13.1. The zero-order chi connectivity index (χ0) is 38.2. The molecule has 3 aliphatic rings. The lowest BCUT2D eigenvalue weighted by Crippen LogP contribution is -2.68. The number of anilines is 2. The van der Waals surface area contributed by atoms with Crippen LogP contribution in [0.15, 0.2) is 210 Å².